The second kappa shape index (κ2) is 6.79. The van der Waals surface area contributed by atoms with Gasteiger partial charge in [0, 0.05) is 12.2 Å². The lowest BCUT2D eigenvalue weighted by molar-refractivity contribution is 0.0962. The van der Waals surface area contributed by atoms with E-state index in [0.29, 0.717) is 30.2 Å². The third-order valence-corrected chi connectivity index (χ3v) is 4.38. The van der Waals surface area contributed by atoms with Crippen LogP contribution < -0.4 is 10.2 Å². The number of hydrogen-bond acceptors (Lipinski definition) is 3. The van der Waals surface area contributed by atoms with Crippen LogP contribution in [-0.2, 0) is 13.1 Å². The Morgan fingerprint density at radius 1 is 1.04 bits per heavy atom. The number of hydrogen-bond donors (Lipinski definition) is 1. The van der Waals surface area contributed by atoms with Crippen molar-refractivity contribution in [1.82, 2.24) is 9.78 Å². The zero-order valence-corrected chi connectivity index (χ0v) is 14.1. The number of halogens is 3. The molecule has 0 radical (unpaired) electrons. The fraction of sp³-hybridized carbons (Fsp3) is 0.158. The van der Waals surface area contributed by atoms with Crippen LogP contribution in [0, 0.1) is 17.5 Å². The first kappa shape index (κ1) is 17.1. The van der Waals surface area contributed by atoms with Crippen molar-refractivity contribution in [3.8, 4) is 0 Å². The van der Waals surface area contributed by atoms with Gasteiger partial charge >= 0.3 is 0 Å². The van der Waals surface area contributed by atoms with Crippen LogP contribution in [0.25, 0.3) is 0 Å². The van der Waals surface area contributed by atoms with Crippen molar-refractivity contribution in [3.63, 3.8) is 0 Å². The maximum Gasteiger partial charge on any atom is 0.276 e. The summed E-state index contributed by atoms with van der Waals surface area (Å²) in [6, 6.07) is 11.2. The standard InChI is InChI=1S/C19H15F3N4O/c20-12-4-6-14(7-5-12)25-8-9-26-17(19(25)27)10-13(24-26)11-23-16-3-1-2-15(21)18(16)22/h1-7,10,23H,8-9,11H2. The molecule has 0 fully saturated rings. The molecule has 3 aromatic rings. The van der Waals surface area contributed by atoms with E-state index in [2.05, 4.69) is 10.4 Å². The highest BCUT2D eigenvalue weighted by Gasteiger charge is 2.27. The topological polar surface area (TPSA) is 50.2 Å². The fourth-order valence-corrected chi connectivity index (χ4v) is 3.03. The van der Waals surface area contributed by atoms with Gasteiger partial charge in [0.1, 0.15) is 11.5 Å². The third-order valence-electron chi connectivity index (χ3n) is 4.38. The first-order valence-corrected chi connectivity index (χ1v) is 8.35. The van der Waals surface area contributed by atoms with Gasteiger partial charge in [-0.3, -0.25) is 9.48 Å². The molecule has 1 aromatic heterocycles. The first-order chi connectivity index (χ1) is 13.0. The number of carbonyl (C=O) groups is 1. The van der Waals surface area contributed by atoms with Crippen LogP contribution in [0.5, 0.6) is 0 Å². The van der Waals surface area contributed by atoms with E-state index >= 15 is 0 Å². The van der Waals surface area contributed by atoms with Crippen LogP contribution in [0.2, 0.25) is 0 Å². The summed E-state index contributed by atoms with van der Waals surface area (Å²) in [4.78, 5) is 14.3. The molecule has 0 saturated heterocycles. The summed E-state index contributed by atoms with van der Waals surface area (Å²) in [5.41, 5.74) is 1.56. The van der Waals surface area contributed by atoms with Crippen molar-refractivity contribution in [3.05, 3.63) is 77.4 Å². The Hall–Kier alpha value is -3.29. The van der Waals surface area contributed by atoms with Crippen molar-refractivity contribution < 1.29 is 18.0 Å². The molecule has 0 spiro atoms. The van der Waals surface area contributed by atoms with E-state index < -0.39 is 11.6 Å². The van der Waals surface area contributed by atoms with Crippen molar-refractivity contribution in [2.24, 2.45) is 0 Å². The maximum absolute atomic E-state index is 13.7. The van der Waals surface area contributed by atoms with Crippen LogP contribution in [-0.4, -0.2) is 22.2 Å². The van der Waals surface area contributed by atoms with Crippen LogP contribution >= 0.6 is 0 Å². The monoisotopic (exact) mass is 372 g/mol. The molecule has 138 valence electrons. The molecule has 2 aromatic carbocycles. The largest absolute Gasteiger partial charge is 0.377 e. The average Bonchev–Trinajstić information content (AvgIpc) is 3.08. The van der Waals surface area contributed by atoms with Gasteiger partial charge in [0.2, 0.25) is 0 Å². The summed E-state index contributed by atoms with van der Waals surface area (Å²) in [5, 5.41) is 7.13. The second-order valence-electron chi connectivity index (χ2n) is 6.13. The smallest absolute Gasteiger partial charge is 0.276 e. The zero-order chi connectivity index (χ0) is 19.0. The molecule has 0 atom stereocenters. The molecule has 0 bridgehead atoms. The molecular formula is C19H15F3N4O. The number of fused-ring (bicyclic) bond motifs is 1. The van der Waals surface area contributed by atoms with Gasteiger partial charge in [0.25, 0.3) is 5.91 Å². The number of aromatic nitrogens is 2. The predicted molar refractivity (Wildman–Crippen MR) is 94.0 cm³/mol. The van der Waals surface area contributed by atoms with E-state index in [0.717, 1.165) is 6.07 Å². The lowest BCUT2D eigenvalue weighted by atomic mass is 10.2. The molecule has 8 heteroatoms. The van der Waals surface area contributed by atoms with Crippen molar-refractivity contribution >= 4 is 17.3 Å². The number of benzene rings is 2. The number of amides is 1. The number of anilines is 2. The number of nitrogens with one attached hydrogen (secondary N) is 1. The van der Waals surface area contributed by atoms with Crippen LogP contribution in [0.15, 0.2) is 48.5 Å². The van der Waals surface area contributed by atoms with Crippen molar-refractivity contribution in [2.45, 2.75) is 13.1 Å². The van der Waals surface area contributed by atoms with Gasteiger partial charge in [-0.05, 0) is 42.5 Å². The van der Waals surface area contributed by atoms with Gasteiger partial charge in [0.05, 0.1) is 24.5 Å². The summed E-state index contributed by atoms with van der Waals surface area (Å²) < 4.78 is 41.7. The lowest BCUT2D eigenvalue weighted by Gasteiger charge is -2.27. The Balaban J connectivity index is 1.52. The molecule has 1 aliphatic rings. The first-order valence-electron chi connectivity index (χ1n) is 8.35. The SMILES string of the molecule is O=C1c2cc(CNc3cccc(F)c3F)nn2CCN1c1ccc(F)cc1. The van der Waals surface area contributed by atoms with E-state index in [1.807, 2.05) is 0 Å². The summed E-state index contributed by atoms with van der Waals surface area (Å²) in [5.74, 6) is -2.51. The normalized spacial score (nSPS) is 13.6. The van der Waals surface area contributed by atoms with E-state index in [1.165, 1.54) is 24.3 Å². The van der Waals surface area contributed by atoms with Crippen LogP contribution in [0.3, 0.4) is 0 Å². The highest BCUT2D eigenvalue weighted by Crippen LogP contribution is 2.23. The third kappa shape index (κ3) is 3.25. The zero-order valence-electron chi connectivity index (χ0n) is 14.1. The number of carbonyl (C=O) groups excluding carboxylic acids is 1. The molecule has 4 rings (SSSR count). The van der Waals surface area contributed by atoms with Gasteiger partial charge in [-0.25, -0.2) is 13.2 Å². The van der Waals surface area contributed by atoms with E-state index in [-0.39, 0.29) is 24.0 Å². The molecule has 2 heterocycles. The molecule has 27 heavy (non-hydrogen) atoms. The predicted octanol–water partition coefficient (Wildman–Crippen LogP) is 3.57. The summed E-state index contributed by atoms with van der Waals surface area (Å²) >= 11 is 0. The van der Waals surface area contributed by atoms with Gasteiger partial charge < -0.3 is 10.2 Å². The molecule has 0 saturated carbocycles. The molecular weight excluding hydrogens is 357 g/mol. The van der Waals surface area contributed by atoms with Crippen molar-refractivity contribution in [2.75, 3.05) is 16.8 Å². The molecule has 1 aliphatic heterocycles. The summed E-state index contributed by atoms with van der Waals surface area (Å²) in [6.45, 7) is 1.03. The summed E-state index contributed by atoms with van der Waals surface area (Å²) in [6.07, 6.45) is 0. The molecule has 0 aliphatic carbocycles. The van der Waals surface area contributed by atoms with E-state index in [1.54, 1.807) is 27.8 Å². The Labute approximate surface area is 153 Å². The highest BCUT2D eigenvalue weighted by molar-refractivity contribution is 6.05. The Kier molecular flexibility index (Phi) is 4.31. The minimum absolute atomic E-state index is 0.0280. The lowest BCUT2D eigenvalue weighted by Crippen LogP contribution is -2.40. The van der Waals surface area contributed by atoms with Gasteiger partial charge in [-0.2, -0.15) is 5.10 Å². The quantitative estimate of drug-likeness (QED) is 0.762. The van der Waals surface area contributed by atoms with Crippen LogP contribution in [0.4, 0.5) is 24.5 Å². The van der Waals surface area contributed by atoms with E-state index in [9.17, 15) is 18.0 Å². The van der Waals surface area contributed by atoms with Gasteiger partial charge in [-0.1, -0.05) is 6.07 Å². The van der Waals surface area contributed by atoms with Gasteiger partial charge in [0.15, 0.2) is 11.6 Å². The van der Waals surface area contributed by atoms with E-state index in [4.69, 9.17) is 0 Å². The van der Waals surface area contributed by atoms with Gasteiger partial charge in [-0.15, -0.1) is 0 Å². The Morgan fingerprint density at radius 3 is 2.59 bits per heavy atom. The number of nitrogens with zero attached hydrogens (tertiary/aromatic N) is 3. The molecule has 5 nitrogen and oxygen atoms in total. The maximum atomic E-state index is 13.7. The second-order valence-corrected chi connectivity index (χ2v) is 6.13. The Morgan fingerprint density at radius 2 is 1.81 bits per heavy atom. The van der Waals surface area contributed by atoms with Crippen LogP contribution in [0.1, 0.15) is 16.2 Å². The fourth-order valence-electron chi connectivity index (χ4n) is 3.03. The summed E-state index contributed by atoms with van der Waals surface area (Å²) in [7, 11) is 0. The molecule has 1 N–H and O–H groups in total. The van der Waals surface area contributed by atoms with Crippen molar-refractivity contribution in [1.29, 1.82) is 0 Å². The molecule has 0 unspecified atom stereocenters. The highest BCUT2D eigenvalue weighted by atomic mass is 19.2. The Bertz CT molecular complexity index is 1000. The minimum atomic E-state index is -0.958. The number of rotatable bonds is 4. The molecule has 1 amide bonds. The minimum Gasteiger partial charge on any atom is -0.377 e. The average molecular weight is 372 g/mol.